The molecule has 0 unspecified atom stereocenters. The fourth-order valence-corrected chi connectivity index (χ4v) is 3.75. The van der Waals surface area contributed by atoms with Gasteiger partial charge in [0, 0.05) is 61.4 Å². The lowest BCUT2D eigenvalue weighted by molar-refractivity contribution is 0.142. The number of hydrogen-bond acceptors (Lipinski definition) is 7. The number of nitrogens with zero attached hydrogens (tertiary/aromatic N) is 1. The second-order valence-electron chi connectivity index (χ2n) is 7.02. The summed E-state index contributed by atoms with van der Waals surface area (Å²) < 4.78 is 12.4. The minimum atomic E-state index is -1.68. The van der Waals surface area contributed by atoms with Crippen molar-refractivity contribution in [3.63, 3.8) is 0 Å². The number of rotatable bonds is 5. The molecule has 10 nitrogen and oxygen atoms in total. The molecule has 1 aliphatic rings. The minimum Gasteiger partial charge on any atom is -0.504 e. The zero-order chi connectivity index (χ0) is 21.4. The SMILES string of the molecule is Cn1c(CNCCN)cc2cc3c(cc21)OCCc1c-3[nH]c(=O)c(OC(=O)O)c1O. The molecule has 3 heterocycles. The van der Waals surface area contributed by atoms with Crippen LogP contribution in [0.3, 0.4) is 0 Å². The van der Waals surface area contributed by atoms with E-state index in [9.17, 15) is 14.7 Å². The van der Waals surface area contributed by atoms with E-state index in [1.165, 1.54) is 0 Å². The normalized spacial score (nSPS) is 12.7. The number of aromatic amines is 1. The van der Waals surface area contributed by atoms with Crippen LogP contribution < -0.4 is 26.1 Å². The quantitative estimate of drug-likeness (QED) is 0.309. The first-order chi connectivity index (χ1) is 14.4. The summed E-state index contributed by atoms with van der Waals surface area (Å²) >= 11 is 0. The molecule has 6 N–H and O–H groups in total. The lowest BCUT2D eigenvalue weighted by Gasteiger charge is -2.12. The highest BCUT2D eigenvalue weighted by atomic mass is 16.7. The molecule has 158 valence electrons. The molecule has 3 aromatic rings. The Kier molecular flexibility index (Phi) is 5.10. The molecule has 1 aliphatic heterocycles. The summed E-state index contributed by atoms with van der Waals surface area (Å²) in [4.78, 5) is 25.9. The van der Waals surface area contributed by atoms with Crippen molar-refractivity contribution in [2.24, 2.45) is 12.8 Å². The Bertz CT molecular complexity index is 1200. The number of aromatic hydroxyl groups is 1. The van der Waals surface area contributed by atoms with Crippen LogP contribution in [0.15, 0.2) is 23.0 Å². The number of nitrogens with two attached hydrogens (primary N) is 1. The van der Waals surface area contributed by atoms with Crippen molar-refractivity contribution in [3.8, 4) is 28.5 Å². The van der Waals surface area contributed by atoms with Gasteiger partial charge in [0.15, 0.2) is 5.75 Å². The van der Waals surface area contributed by atoms with Gasteiger partial charge in [0.1, 0.15) is 5.75 Å². The summed E-state index contributed by atoms with van der Waals surface area (Å²) in [5.41, 5.74) is 8.07. The Balaban J connectivity index is 1.86. The van der Waals surface area contributed by atoms with Gasteiger partial charge in [-0.25, -0.2) is 4.79 Å². The van der Waals surface area contributed by atoms with E-state index in [4.69, 9.17) is 15.6 Å². The van der Waals surface area contributed by atoms with Crippen LogP contribution in [0.25, 0.3) is 22.2 Å². The van der Waals surface area contributed by atoms with E-state index in [1.54, 1.807) is 0 Å². The van der Waals surface area contributed by atoms with E-state index in [0.717, 1.165) is 16.6 Å². The summed E-state index contributed by atoms with van der Waals surface area (Å²) in [6, 6.07) is 5.81. The Morgan fingerprint density at radius 1 is 1.40 bits per heavy atom. The number of fused-ring (bicyclic) bond motifs is 4. The second kappa shape index (κ2) is 7.73. The van der Waals surface area contributed by atoms with Crippen LogP contribution in [0.2, 0.25) is 0 Å². The van der Waals surface area contributed by atoms with Crippen molar-refractivity contribution in [1.82, 2.24) is 14.9 Å². The van der Waals surface area contributed by atoms with Crippen LogP contribution >= 0.6 is 0 Å². The van der Waals surface area contributed by atoms with Crippen molar-refractivity contribution in [2.45, 2.75) is 13.0 Å². The number of ether oxygens (including phenoxy) is 2. The first-order valence-corrected chi connectivity index (χ1v) is 9.46. The van der Waals surface area contributed by atoms with Crippen molar-refractivity contribution >= 4 is 17.1 Å². The third-order valence-electron chi connectivity index (χ3n) is 5.19. The van der Waals surface area contributed by atoms with Crippen LogP contribution in [0.4, 0.5) is 4.79 Å². The molecule has 0 saturated carbocycles. The summed E-state index contributed by atoms with van der Waals surface area (Å²) in [5.74, 6) is -0.572. The smallest absolute Gasteiger partial charge is 0.504 e. The highest BCUT2D eigenvalue weighted by molar-refractivity contribution is 5.90. The Hall–Kier alpha value is -3.50. The van der Waals surface area contributed by atoms with Gasteiger partial charge in [-0.1, -0.05) is 0 Å². The molecule has 0 atom stereocenters. The zero-order valence-electron chi connectivity index (χ0n) is 16.3. The van der Waals surface area contributed by atoms with Crippen LogP contribution in [0, 0.1) is 0 Å². The van der Waals surface area contributed by atoms with Gasteiger partial charge in [-0.3, -0.25) is 4.79 Å². The number of aryl methyl sites for hydroxylation is 1. The second-order valence-corrected chi connectivity index (χ2v) is 7.02. The van der Waals surface area contributed by atoms with E-state index in [2.05, 4.69) is 19.6 Å². The van der Waals surface area contributed by atoms with Crippen molar-refractivity contribution in [3.05, 3.63) is 39.8 Å². The van der Waals surface area contributed by atoms with Crippen molar-refractivity contribution in [1.29, 1.82) is 0 Å². The maximum atomic E-state index is 12.4. The molecule has 0 aliphatic carbocycles. The standard InChI is InChI=1S/C20H22N4O6/c1-24-11(9-22-4-3-21)6-10-7-13-15(8-14(10)24)29-5-2-12-16(13)23-19(26)18(17(12)25)30-20(27)28/h6-8,22H,2-5,9,21H2,1H3,(H,27,28)(H2,23,25,26). The highest BCUT2D eigenvalue weighted by Crippen LogP contribution is 2.41. The molecule has 0 fully saturated rings. The van der Waals surface area contributed by atoms with Crippen LogP contribution in [0.1, 0.15) is 11.3 Å². The molecule has 1 aromatic carbocycles. The van der Waals surface area contributed by atoms with Gasteiger partial charge < -0.3 is 40.3 Å². The fraction of sp³-hybridized carbons (Fsp3) is 0.300. The third-order valence-corrected chi connectivity index (χ3v) is 5.19. The van der Waals surface area contributed by atoms with Gasteiger partial charge in [0.2, 0.25) is 5.75 Å². The molecule has 2 aromatic heterocycles. The number of pyridine rings is 1. The van der Waals surface area contributed by atoms with E-state index in [1.807, 2.05) is 25.2 Å². The summed E-state index contributed by atoms with van der Waals surface area (Å²) in [7, 11) is 1.96. The number of H-pyrrole nitrogens is 1. The van der Waals surface area contributed by atoms with Gasteiger partial charge in [-0.2, -0.15) is 0 Å². The van der Waals surface area contributed by atoms with Crippen LogP contribution in [-0.4, -0.2) is 45.6 Å². The Morgan fingerprint density at radius 2 is 2.20 bits per heavy atom. The average molecular weight is 414 g/mol. The van der Waals surface area contributed by atoms with Gasteiger partial charge in [-0.15, -0.1) is 0 Å². The molecule has 30 heavy (non-hydrogen) atoms. The van der Waals surface area contributed by atoms with Gasteiger partial charge in [-0.05, 0) is 12.1 Å². The fourth-order valence-electron chi connectivity index (χ4n) is 3.75. The molecule has 10 heteroatoms. The van der Waals surface area contributed by atoms with Crippen molar-refractivity contribution < 1.29 is 24.5 Å². The number of aromatic nitrogens is 2. The number of hydrogen-bond donors (Lipinski definition) is 5. The maximum Gasteiger partial charge on any atom is 0.511 e. The molecule has 0 bridgehead atoms. The molecular formula is C20H22N4O6. The number of carbonyl (C=O) groups is 1. The van der Waals surface area contributed by atoms with Crippen molar-refractivity contribution in [2.75, 3.05) is 19.7 Å². The number of nitrogens with one attached hydrogen (secondary N) is 2. The topological polar surface area (TPSA) is 152 Å². The first-order valence-electron chi connectivity index (χ1n) is 9.46. The number of carboxylic acid groups (broad SMARTS) is 1. The van der Waals surface area contributed by atoms with Crippen LogP contribution in [-0.2, 0) is 20.0 Å². The van der Waals surface area contributed by atoms with E-state index in [-0.39, 0.29) is 13.0 Å². The van der Waals surface area contributed by atoms with Gasteiger partial charge in [0.25, 0.3) is 5.56 Å². The lowest BCUT2D eigenvalue weighted by atomic mass is 10.0. The molecule has 0 spiro atoms. The van der Waals surface area contributed by atoms with E-state index < -0.39 is 23.2 Å². The molecule has 0 saturated heterocycles. The lowest BCUT2D eigenvalue weighted by Crippen LogP contribution is -2.22. The summed E-state index contributed by atoms with van der Waals surface area (Å²) in [6.07, 6.45) is -1.41. The Labute approximate surface area is 170 Å². The van der Waals surface area contributed by atoms with E-state index in [0.29, 0.717) is 42.2 Å². The highest BCUT2D eigenvalue weighted by Gasteiger charge is 2.26. The van der Waals surface area contributed by atoms with Crippen LogP contribution in [0.5, 0.6) is 17.2 Å². The number of benzene rings is 1. The minimum absolute atomic E-state index is 0.243. The molecule has 4 rings (SSSR count). The Morgan fingerprint density at radius 3 is 2.93 bits per heavy atom. The van der Waals surface area contributed by atoms with Gasteiger partial charge >= 0.3 is 6.16 Å². The summed E-state index contributed by atoms with van der Waals surface area (Å²) in [6.45, 7) is 2.15. The maximum absolute atomic E-state index is 12.4. The zero-order valence-corrected chi connectivity index (χ0v) is 16.3. The largest absolute Gasteiger partial charge is 0.511 e. The predicted octanol–water partition coefficient (Wildman–Crippen LogP) is 1.28. The first kappa shape index (κ1) is 19.8. The van der Waals surface area contributed by atoms with E-state index >= 15 is 0 Å². The third kappa shape index (κ3) is 3.36. The molecule has 0 amide bonds. The molecule has 0 radical (unpaired) electrons. The monoisotopic (exact) mass is 414 g/mol. The predicted molar refractivity (Wildman–Crippen MR) is 109 cm³/mol. The average Bonchev–Trinajstić information content (AvgIpc) is 2.89. The van der Waals surface area contributed by atoms with Gasteiger partial charge in [0.05, 0.1) is 17.8 Å². The summed E-state index contributed by atoms with van der Waals surface area (Å²) in [5, 5.41) is 23.5. The molecular weight excluding hydrogens is 392 g/mol.